The Labute approximate surface area is 129 Å². The van der Waals surface area contributed by atoms with Gasteiger partial charge in [0, 0.05) is 0 Å². The summed E-state index contributed by atoms with van der Waals surface area (Å²) < 4.78 is 0. The predicted molar refractivity (Wildman–Crippen MR) is 85.3 cm³/mol. The van der Waals surface area contributed by atoms with E-state index in [1.165, 1.54) is 0 Å². The van der Waals surface area contributed by atoms with E-state index >= 15 is 0 Å². The molecular weight excluding hydrogens is 288 g/mol. The quantitative estimate of drug-likeness (QED) is 0.639. The summed E-state index contributed by atoms with van der Waals surface area (Å²) in [5.74, 6) is -0.747. The molecule has 1 unspecified atom stereocenters. The third kappa shape index (κ3) is 6.64. The maximum atomic E-state index is 11.9. The molecule has 0 fully saturated rings. The molecule has 0 heterocycles. The molecule has 0 aromatic heterocycles. The molecule has 0 saturated carbocycles. The highest BCUT2D eigenvalue weighted by molar-refractivity contribution is 7.98. The molecule has 0 bridgehead atoms. The summed E-state index contributed by atoms with van der Waals surface area (Å²) in [6.07, 6.45) is 3.47. The van der Waals surface area contributed by atoms with Crippen LogP contribution >= 0.6 is 11.8 Å². The van der Waals surface area contributed by atoms with Gasteiger partial charge in [0.25, 0.3) is 0 Å². The Morgan fingerprint density at radius 1 is 1.29 bits per heavy atom. The molecular formula is C15H22N2O3S. The zero-order valence-corrected chi connectivity index (χ0v) is 12.9. The number of aliphatic carboxylic acids is 1. The van der Waals surface area contributed by atoms with Crippen molar-refractivity contribution in [3.05, 3.63) is 35.9 Å². The number of hydrogen-bond donors (Lipinski definition) is 3. The molecule has 116 valence electrons. The molecule has 2 atom stereocenters. The van der Waals surface area contributed by atoms with Gasteiger partial charge in [-0.1, -0.05) is 30.3 Å². The monoisotopic (exact) mass is 310 g/mol. The molecule has 1 aromatic carbocycles. The second-order valence-electron chi connectivity index (χ2n) is 4.81. The standard InChI is InChI=1S/C15H22N2O3S/c1-21-10-9-13(15(19)20)17-14(18)12(16)8-7-11-5-3-2-4-6-11/h2-6,12-13H,7-10,16H2,1H3,(H,17,18)(H,19,20)/t12?,13-/m1/s1. The molecule has 1 aromatic rings. The van der Waals surface area contributed by atoms with Gasteiger partial charge in [-0.25, -0.2) is 4.79 Å². The van der Waals surface area contributed by atoms with Gasteiger partial charge in [-0.3, -0.25) is 4.79 Å². The van der Waals surface area contributed by atoms with E-state index in [9.17, 15) is 9.59 Å². The summed E-state index contributed by atoms with van der Waals surface area (Å²) >= 11 is 1.54. The topological polar surface area (TPSA) is 92.4 Å². The van der Waals surface area contributed by atoms with Crippen LogP contribution in [0.3, 0.4) is 0 Å². The Morgan fingerprint density at radius 2 is 1.95 bits per heavy atom. The molecule has 0 saturated heterocycles. The first kappa shape index (κ1) is 17.5. The summed E-state index contributed by atoms with van der Waals surface area (Å²) in [5.41, 5.74) is 6.94. The molecule has 4 N–H and O–H groups in total. The van der Waals surface area contributed by atoms with Crippen molar-refractivity contribution >= 4 is 23.6 Å². The molecule has 1 rings (SSSR count). The Kier molecular flexibility index (Phi) is 7.85. The van der Waals surface area contributed by atoms with Crippen molar-refractivity contribution in [2.24, 2.45) is 5.73 Å². The Morgan fingerprint density at radius 3 is 2.52 bits per heavy atom. The second kappa shape index (κ2) is 9.41. The Balaban J connectivity index is 2.43. The number of benzene rings is 1. The molecule has 5 nitrogen and oxygen atoms in total. The fraction of sp³-hybridized carbons (Fsp3) is 0.467. The van der Waals surface area contributed by atoms with Gasteiger partial charge in [0.2, 0.25) is 5.91 Å². The molecule has 1 amide bonds. The van der Waals surface area contributed by atoms with Gasteiger partial charge in [-0.05, 0) is 36.8 Å². The highest BCUT2D eigenvalue weighted by atomic mass is 32.2. The minimum atomic E-state index is -1.02. The number of nitrogens with one attached hydrogen (secondary N) is 1. The molecule has 0 spiro atoms. The van der Waals surface area contributed by atoms with E-state index in [1.807, 2.05) is 36.6 Å². The summed E-state index contributed by atoms with van der Waals surface area (Å²) in [5, 5.41) is 11.6. The number of carbonyl (C=O) groups excluding carboxylic acids is 1. The second-order valence-corrected chi connectivity index (χ2v) is 5.80. The smallest absolute Gasteiger partial charge is 0.326 e. The summed E-state index contributed by atoms with van der Waals surface area (Å²) in [7, 11) is 0. The highest BCUT2D eigenvalue weighted by Gasteiger charge is 2.22. The average molecular weight is 310 g/mol. The fourth-order valence-corrected chi connectivity index (χ4v) is 2.34. The first-order valence-electron chi connectivity index (χ1n) is 6.86. The number of thioether (sulfide) groups is 1. The van der Waals surface area contributed by atoms with Crippen LogP contribution in [0.1, 0.15) is 18.4 Å². The van der Waals surface area contributed by atoms with Crippen LogP contribution in [0.4, 0.5) is 0 Å². The molecule has 6 heteroatoms. The SMILES string of the molecule is CSCC[C@@H](NC(=O)C(N)CCc1ccccc1)C(=O)O. The van der Waals surface area contributed by atoms with Crippen molar-refractivity contribution in [3.8, 4) is 0 Å². The van der Waals surface area contributed by atoms with Crippen molar-refractivity contribution in [1.29, 1.82) is 0 Å². The molecule has 21 heavy (non-hydrogen) atoms. The normalized spacial score (nSPS) is 13.4. The number of carboxylic acids is 1. The van der Waals surface area contributed by atoms with Crippen LogP contribution in [0.25, 0.3) is 0 Å². The summed E-state index contributed by atoms with van der Waals surface area (Å²) in [4.78, 5) is 23.0. The van der Waals surface area contributed by atoms with E-state index < -0.39 is 24.0 Å². The molecule has 0 aliphatic rings. The van der Waals surface area contributed by atoms with Crippen molar-refractivity contribution in [2.45, 2.75) is 31.3 Å². The third-order valence-corrected chi connectivity index (χ3v) is 3.79. The van der Waals surface area contributed by atoms with Crippen molar-refractivity contribution in [3.63, 3.8) is 0 Å². The van der Waals surface area contributed by atoms with Gasteiger partial charge < -0.3 is 16.2 Å². The fourth-order valence-electron chi connectivity index (χ4n) is 1.87. The van der Waals surface area contributed by atoms with Crippen LogP contribution in [0.5, 0.6) is 0 Å². The lowest BCUT2D eigenvalue weighted by molar-refractivity contribution is -0.142. The van der Waals surface area contributed by atoms with Gasteiger partial charge in [-0.15, -0.1) is 0 Å². The minimum absolute atomic E-state index is 0.396. The number of amides is 1. The summed E-state index contributed by atoms with van der Waals surface area (Å²) in [6.45, 7) is 0. The number of carbonyl (C=O) groups is 2. The highest BCUT2D eigenvalue weighted by Crippen LogP contribution is 2.05. The van der Waals surface area contributed by atoms with Gasteiger partial charge in [-0.2, -0.15) is 11.8 Å². The van der Waals surface area contributed by atoms with Gasteiger partial charge in [0.1, 0.15) is 6.04 Å². The number of aryl methyl sites for hydroxylation is 1. The van der Waals surface area contributed by atoms with Crippen LogP contribution in [0.15, 0.2) is 30.3 Å². The predicted octanol–water partition coefficient (Wildman–Crippen LogP) is 1.27. The number of nitrogens with two attached hydrogens (primary N) is 1. The zero-order valence-electron chi connectivity index (χ0n) is 12.1. The lowest BCUT2D eigenvalue weighted by Crippen LogP contribution is -2.48. The number of rotatable bonds is 9. The summed E-state index contributed by atoms with van der Waals surface area (Å²) in [6, 6.07) is 8.19. The first-order valence-corrected chi connectivity index (χ1v) is 8.25. The van der Waals surface area contributed by atoms with E-state index in [-0.39, 0.29) is 0 Å². The van der Waals surface area contributed by atoms with Gasteiger partial charge in [0.05, 0.1) is 6.04 Å². The third-order valence-electron chi connectivity index (χ3n) is 3.15. The zero-order chi connectivity index (χ0) is 15.7. The first-order chi connectivity index (χ1) is 10.0. The largest absolute Gasteiger partial charge is 0.480 e. The lowest BCUT2D eigenvalue weighted by Gasteiger charge is -2.17. The van der Waals surface area contributed by atoms with Crippen LogP contribution in [-0.4, -0.2) is 41.1 Å². The molecule has 0 aliphatic heterocycles. The van der Waals surface area contributed by atoms with Crippen LogP contribution in [0.2, 0.25) is 0 Å². The van der Waals surface area contributed by atoms with E-state index in [0.717, 1.165) is 5.56 Å². The number of carboxylic acid groups (broad SMARTS) is 1. The lowest BCUT2D eigenvalue weighted by atomic mass is 10.0. The van der Waals surface area contributed by atoms with E-state index in [4.69, 9.17) is 10.8 Å². The van der Waals surface area contributed by atoms with E-state index in [1.54, 1.807) is 11.8 Å². The van der Waals surface area contributed by atoms with Crippen molar-refractivity contribution < 1.29 is 14.7 Å². The maximum Gasteiger partial charge on any atom is 0.326 e. The van der Waals surface area contributed by atoms with Crippen LogP contribution in [-0.2, 0) is 16.0 Å². The minimum Gasteiger partial charge on any atom is -0.480 e. The van der Waals surface area contributed by atoms with Crippen LogP contribution < -0.4 is 11.1 Å². The Bertz CT molecular complexity index is 453. The molecule has 0 aliphatic carbocycles. The number of hydrogen-bond acceptors (Lipinski definition) is 4. The molecule has 0 radical (unpaired) electrons. The van der Waals surface area contributed by atoms with Gasteiger partial charge in [0.15, 0.2) is 0 Å². The van der Waals surface area contributed by atoms with Crippen molar-refractivity contribution in [2.75, 3.05) is 12.0 Å². The van der Waals surface area contributed by atoms with Crippen molar-refractivity contribution in [1.82, 2.24) is 5.32 Å². The average Bonchev–Trinajstić information content (AvgIpc) is 2.49. The van der Waals surface area contributed by atoms with Gasteiger partial charge >= 0.3 is 5.97 Å². The van der Waals surface area contributed by atoms with E-state index in [0.29, 0.717) is 25.0 Å². The Hall–Kier alpha value is -1.53. The van der Waals surface area contributed by atoms with E-state index in [2.05, 4.69) is 5.32 Å². The van der Waals surface area contributed by atoms with Crippen LogP contribution in [0, 0.1) is 0 Å². The maximum absolute atomic E-state index is 11.9.